The van der Waals surface area contributed by atoms with Crippen LogP contribution in [0.5, 0.6) is 0 Å². The Morgan fingerprint density at radius 2 is 1.77 bits per heavy atom. The SMILES string of the molecule is CCOC(=O)c1ccc(N=C2S/C(=C\c3ccc(N4CCCC4)cc3)C(=O)N2C)cc1. The molecule has 0 unspecified atom stereocenters. The Labute approximate surface area is 186 Å². The molecule has 0 spiro atoms. The molecule has 2 fully saturated rings. The molecule has 2 aromatic carbocycles. The molecule has 0 atom stereocenters. The summed E-state index contributed by atoms with van der Waals surface area (Å²) in [5.41, 5.74) is 3.38. The number of hydrogen-bond donors (Lipinski definition) is 0. The summed E-state index contributed by atoms with van der Waals surface area (Å²) in [5.74, 6) is -0.430. The molecule has 160 valence electrons. The molecule has 0 saturated carbocycles. The Balaban J connectivity index is 1.48. The molecule has 0 bridgehead atoms. The van der Waals surface area contributed by atoms with Gasteiger partial charge in [-0.3, -0.25) is 9.69 Å². The molecular weight excluding hydrogens is 410 g/mol. The number of rotatable bonds is 5. The van der Waals surface area contributed by atoms with Crippen LogP contribution >= 0.6 is 11.8 Å². The minimum absolute atomic E-state index is 0.0736. The van der Waals surface area contributed by atoms with E-state index in [0.29, 0.717) is 27.9 Å². The summed E-state index contributed by atoms with van der Waals surface area (Å²) in [7, 11) is 1.72. The van der Waals surface area contributed by atoms with E-state index in [-0.39, 0.29) is 11.9 Å². The molecule has 2 aromatic rings. The lowest BCUT2D eigenvalue weighted by molar-refractivity contribution is -0.121. The van der Waals surface area contributed by atoms with Crippen LogP contribution in [0, 0.1) is 0 Å². The number of esters is 1. The van der Waals surface area contributed by atoms with Gasteiger partial charge in [-0.1, -0.05) is 12.1 Å². The maximum Gasteiger partial charge on any atom is 0.338 e. The maximum atomic E-state index is 12.7. The number of carbonyl (C=O) groups excluding carboxylic acids is 2. The third-order valence-corrected chi connectivity index (χ3v) is 6.33. The number of amidine groups is 1. The maximum absolute atomic E-state index is 12.7. The highest BCUT2D eigenvalue weighted by Crippen LogP contribution is 2.33. The van der Waals surface area contributed by atoms with Crippen LogP contribution in [0.1, 0.15) is 35.7 Å². The van der Waals surface area contributed by atoms with Gasteiger partial charge in [-0.15, -0.1) is 0 Å². The third-order valence-electron chi connectivity index (χ3n) is 5.27. The quantitative estimate of drug-likeness (QED) is 0.503. The second kappa shape index (κ2) is 9.39. The van der Waals surface area contributed by atoms with Crippen molar-refractivity contribution in [2.24, 2.45) is 4.99 Å². The number of likely N-dealkylation sites (N-methyl/N-ethyl adjacent to an activating group) is 1. The van der Waals surface area contributed by atoms with E-state index >= 15 is 0 Å². The van der Waals surface area contributed by atoms with E-state index < -0.39 is 0 Å². The zero-order valence-corrected chi connectivity index (χ0v) is 18.5. The molecule has 4 rings (SSSR count). The van der Waals surface area contributed by atoms with Crippen LogP contribution in [0.3, 0.4) is 0 Å². The number of nitrogens with zero attached hydrogens (tertiary/aromatic N) is 3. The summed E-state index contributed by atoms with van der Waals surface area (Å²) in [4.78, 5) is 33.6. The van der Waals surface area contributed by atoms with Crippen molar-refractivity contribution in [2.75, 3.05) is 31.6 Å². The highest BCUT2D eigenvalue weighted by atomic mass is 32.2. The Kier molecular flexibility index (Phi) is 6.42. The summed E-state index contributed by atoms with van der Waals surface area (Å²) >= 11 is 1.35. The van der Waals surface area contributed by atoms with Gasteiger partial charge in [0.2, 0.25) is 0 Å². The third kappa shape index (κ3) is 4.82. The topological polar surface area (TPSA) is 62.2 Å². The molecular formula is C24H25N3O3S. The van der Waals surface area contributed by atoms with Gasteiger partial charge in [-0.05, 0) is 79.6 Å². The molecule has 0 aromatic heterocycles. The second-order valence-electron chi connectivity index (χ2n) is 7.42. The lowest BCUT2D eigenvalue weighted by atomic mass is 10.2. The second-order valence-corrected chi connectivity index (χ2v) is 8.43. The zero-order chi connectivity index (χ0) is 21.8. The lowest BCUT2D eigenvalue weighted by Crippen LogP contribution is -2.23. The summed E-state index contributed by atoms with van der Waals surface area (Å²) in [6, 6.07) is 15.2. The van der Waals surface area contributed by atoms with E-state index in [4.69, 9.17) is 4.74 Å². The minimum atomic E-state index is -0.356. The molecule has 2 heterocycles. The first-order valence-electron chi connectivity index (χ1n) is 10.4. The fourth-order valence-electron chi connectivity index (χ4n) is 3.56. The smallest absolute Gasteiger partial charge is 0.338 e. The number of anilines is 1. The van der Waals surface area contributed by atoms with Crippen molar-refractivity contribution in [3.8, 4) is 0 Å². The van der Waals surface area contributed by atoms with Gasteiger partial charge in [-0.2, -0.15) is 0 Å². The van der Waals surface area contributed by atoms with Crippen molar-refractivity contribution in [2.45, 2.75) is 19.8 Å². The van der Waals surface area contributed by atoms with Crippen LogP contribution < -0.4 is 4.90 Å². The van der Waals surface area contributed by atoms with E-state index in [1.165, 1.54) is 30.3 Å². The number of ether oxygens (including phenoxy) is 1. The van der Waals surface area contributed by atoms with Gasteiger partial charge in [0.25, 0.3) is 5.91 Å². The van der Waals surface area contributed by atoms with E-state index in [2.05, 4.69) is 34.2 Å². The van der Waals surface area contributed by atoms with Crippen LogP contribution in [0.2, 0.25) is 0 Å². The highest BCUT2D eigenvalue weighted by molar-refractivity contribution is 8.18. The molecule has 1 amide bonds. The fourth-order valence-corrected chi connectivity index (χ4v) is 4.54. The van der Waals surface area contributed by atoms with Crippen LogP contribution in [-0.4, -0.2) is 48.7 Å². The number of aliphatic imine (C=N–C) groups is 1. The van der Waals surface area contributed by atoms with Crippen LogP contribution in [0.25, 0.3) is 6.08 Å². The van der Waals surface area contributed by atoms with Crippen molar-refractivity contribution in [1.29, 1.82) is 0 Å². The van der Waals surface area contributed by atoms with Gasteiger partial charge in [0.15, 0.2) is 5.17 Å². The first kappa shape index (κ1) is 21.2. The number of thioether (sulfide) groups is 1. The average molecular weight is 436 g/mol. The molecule has 2 aliphatic heterocycles. The summed E-state index contributed by atoms with van der Waals surface area (Å²) in [6.45, 7) is 4.33. The lowest BCUT2D eigenvalue weighted by Gasteiger charge is -2.17. The van der Waals surface area contributed by atoms with E-state index in [1.54, 1.807) is 43.1 Å². The molecule has 2 aliphatic rings. The Bertz CT molecular complexity index is 1020. The van der Waals surface area contributed by atoms with Gasteiger partial charge in [0, 0.05) is 25.8 Å². The molecule has 31 heavy (non-hydrogen) atoms. The standard InChI is InChI=1S/C24H25N3O3S/c1-3-30-23(29)18-8-10-19(11-9-18)25-24-26(2)22(28)21(31-24)16-17-6-12-20(13-7-17)27-14-4-5-15-27/h6-13,16H,3-5,14-15H2,1-2H3/b21-16-,25-24?. The first-order valence-corrected chi connectivity index (χ1v) is 11.3. The average Bonchev–Trinajstić information content (AvgIpc) is 3.41. The number of hydrogen-bond acceptors (Lipinski definition) is 6. The van der Waals surface area contributed by atoms with Crippen molar-refractivity contribution in [3.05, 3.63) is 64.6 Å². The largest absolute Gasteiger partial charge is 0.462 e. The molecule has 0 radical (unpaired) electrons. The fraction of sp³-hybridized carbons (Fsp3) is 0.292. The summed E-state index contributed by atoms with van der Waals surface area (Å²) < 4.78 is 5.00. The Morgan fingerprint density at radius 3 is 2.42 bits per heavy atom. The number of amides is 1. The first-order chi connectivity index (χ1) is 15.0. The van der Waals surface area contributed by atoms with E-state index in [9.17, 15) is 9.59 Å². The summed E-state index contributed by atoms with van der Waals surface area (Å²) in [6.07, 6.45) is 4.40. The summed E-state index contributed by atoms with van der Waals surface area (Å²) in [5, 5.41) is 0.605. The van der Waals surface area contributed by atoms with Gasteiger partial charge < -0.3 is 9.64 Å². The zero-order valence-electron chi connectivity index (χ0n) is 17.7. The van der Waals surface area contributed by atoms with E-state index in [0.717, 1.165) is 18.7 Å². The molecule has 7 heteroatoms. The van der Waals surface area contributed by atoms with Gasteiger partial charge >= 0.3 is 5.97 Å². The predicted octanol–water partition coefficient (Wildman–Crippen LogP) is 4.70. The molecule has 0 N–H and O–H groups in total. The predicted molar refractivity (Wildman–Crippen MR) is 126 cm³/mol. The van der Waals surface area contributed by atoms with Crippen LogP contribution in [0.15, 0.2) is 58.4 Å². The van der Waals surface area contributed by atoms with E-state index in [1.807, 2.05) is 6.08 Å². The molecule has 0 aliphatic carbocycles. The van der Waals surface area contributed by atoms with Crippen molar-refractivity contribution in [3.63, 3.8) is 0 Å². The van der Waals surface area contributed by atoms with Crippen molar-refractivity contribution in [1.82, 2.24) is 4.90 Å². The minimum Gasteiger partial charge on any atom is -0.462 e. The van der Waals surface area contributed by atoms with Crippen LogP contribution in [-0.2, 0) is 9.53 Å². The van der Waals surface area contributed by atoms with Crippen molar-refractivity contribution < 1.29 is 14.3 Å². The van der Waals surface area contributed by atoms with Crippen LogP contribution in [0.4, 0.5) is 11.4 Å². The van der Waals surface area contributed by atoms with Crippen molar-refractivity contribution >= 4 is 46.3 Å². The normalized spacial score (nSPS) is 19.0. The monoisotopic (exact) mass is 435 g/mol. The highest BCUT2D eigenvalue weighted by Gasteiger charge is 2.30. The Morgan fingerprint density at radius 1 is 1.10 bits per heavy atom. The van der Waals surface area contributed by atoms with Gasteiger partial charge in [-0.25, -0.2) is 9.79 Å². The number of benzene rings is 2. The number of carbonyl (C=O) groups is 2. The van der Waals surface area contributed by atoms with Gasteiger partial charge in [0.1, 0.15) is 0 Å². The molecule has 6 nitrogen and oxygen atoms in total. The van der Waals surface area contributed by atoms with Gasteiger partial charge in [0.05, 0.1) is 22.8 Å². The molecule has 2 saturated heterocycles. The Hall–Kier alpha value is -3.06.